The molecule has 2 aromatic rings. The maximum absolute atomic E-state index is 12.3. The summed E-state index contributed by atoms with van der Waals surface area (Å²) in [4.78, 5) is 23.6. The van der Waals surface area contributed by atoms with Crippen molar-refractivity contribution in [3.63, 3.8) is 0 Å². The summed E-state index contributed by atoms with van der Waals surface area (Å²) in [5.41, 5.74) is 2.97. The second-order valence-electron chi connectivity index (χ2n) is 5.26. The van der Waals surface area contributed by atoms with Crippen LogP contribution in [0.1, 0.15) is 11.1 Å². The van der Waals surface area contributed by atoms with E-state index in [1.165, 1.54) is 21.8 Å². The van der Waals surface area contributed by atoms with Crippen molar-refractivity contribution in [2.75, 3.05) is 5.32 Å². The Bertz CT molecular complexity index is 736. The lowest BCUT2D eigenvalue weighted by Crippen LogP contribution is -2.44. The third-order valence-corrected chi connectivity index (χ3v) is 3.75. The molecule has 5 nitrogen and oxygen atoms in total. The average molecular weight is 283 g/mol. The first-order chi connectivity index (χ1) is 10.1. The molecule has 3 rings (SSSR count). The Balaban J connectivity index is 1.72. The Morgan fingerprint density at radius 1 is 1.24 bits per heavy atom. The molecule has 0 radical (unpaired) electrons. The van der Waals surface area contributed by atoms with Gasteiger partial charge in [-0.2, -0.15) is 0 Å². The highest BCUT2D eigenvalue weighted by Gasteiger charge is 2.23. The zero-order valence-electron chi connectivity index (χ0n) is 11.8. The molecule has 0 fully saturated rings. The molecule has 0 bridgehead atoms. The van der Waals surface area contributed by atoms with E-state index in [2.05, 4.69) is 22.8 Å². The number of carbonyl (C=O) groups is 1. The molecule has 0 saturated carbocycles. The predicted molar refractivity (Wildman–Crippen MR) is 81.1 cm³/mol. The number of amides is 1. The first-order valence-corrected chi connectivity index (χ1v) is 6.91. The van der Waals surface area contributed by atoms with Crippen molar-refractivity contribution >= 4 is 11.6 Å². The number of anilines is 1. The van der Waals surface area contributed by atoms with Crippen molar-refractivity contribution in [3.8, 4) is 0 Å². The summed E-state index contributed by atoms with van der Waals surface area (Å²) >= 11 is 0. The second-order valence-corrected chi connectivity index (χ2v) is 5.26. The zero-order chi connectivity index (χ0) is 14.8. The third kappa shape index (κ3) is 2.87. The minimum absolute atomic E-state index is 0.0804. The first kappa shape index (κ1) is 13.6. The van der Waals surface area contributed by atoms with E-state index in [9.17, 15) is 9.59 Å². The monoisotopic (exact) mass is 283 g/mol. The van der Waals surface area contributed by atoms with Crippen LogP contribution in [0.3, 0.4) is 0 Å². The van der Waals surface area contributed by atoms with Gasteiger partial charge in [0.25, 0.3) is 0 Å². The van der Waals surface area contributed by atoms with Crippen LogP contribution in [-0.4, -0.2) is 16.5 Å². The van der Waals surface area contributed by atoms with Gasteiger partial charge in [-0.25, -0.2) is 0 Å². The fourth-order valence-electron chi connectivity index (χ4n) is 2.54. The average Bonchev–Trinajstić information content (AvgIpc) is 2.50. The van der Waals surface area contributed by atoms with Gasteiger partial charge in [-0.05, 0) is 23.6 Å². The highest BCUT2D eigenvalue weighted by molar-refractivity contribution is 5.95. The molecule has 1 atom stereocenters. The molecule has 0 saturated heterocycles. The van der Waals surface area contributed by atoms with Crippen LogP contribution in [-0.2, 0) is 24.8 Å². The molecule has 1 aliphatic rings. The van der Waals surface area contributed by atoms with Gasteiger partial charge < -0.3 is 15.2 Å². The lowest BCUT2D eigenvalue weighted by molar-refractivity contribution is -0.118. The minimum atomic E-state index is -0.253. The van der Waals surface area contributed by atoms with Crippen LogP contribution in [0.4, 0.5) is 5.69 Å². The van der Waals surface area contributed by atoms with E-state index in [1.807, 2.05) is 12.1 Å². The number of aromatic nitrogens is 1. The minimum Gasteiger partial charge on any atom is -0.323 e. The van der Waals surface area contributed by atoms with Gasteiger partial charge >= 0.3 is 0 Å². The number of fused-ring (bicyclic) bond motifs is 1. The Morgan fingerprint density at radius 3 is 2.76 bits per heavy atom. The Labute approximate surface area is 122 Å². The maximum atomic E-state index is 12.3. The van der Waals surface area contributed by atoms with E-state index in [-0.39, 0.29) is 17.5 Å². The van der Waals surface area contributed by atoms with E-state index in [0.717, 1.165) is 0 Å². The van der Waals surface area contributed by atoms with Crippen LogP contribution in [0.2, 0.25) is 0 Å². The molecule has 1 aliphatic heterocycles. The summed E-state index contributed by atoms with van der Waals surface area (Å²) in [5, 5.41) is 6.09. The third-order valence-electron chi connectivity index (χ3n) is 3.75. The number of carbonyl (C=O) groups excluding carboxylic acids is 1. The standard InChI is InChI=1S/C16H17N3O2/c1-19-10-13(6-7-15(19)20)18-16(21)14-8-11-4-2-3-5-12(11)9-17-14/h2-7,10,14,17H,8-9H2,1H3,(H,18,21). The predicted octanol–water partition coefficient (Wildman–Crippen LogP) is 1.04. The van der Waals surface area contributed by atoms with Gasteiger partial charge in [0.2, 0.25) is 11.5 Å². The summed E-state index contributed by atoms with van der Waals surface area (Å²) in [7, 11) is 1.66. The molecule has 1 aromatic carbocycles. The summed E-state index contributed by atoms with van der Waals surface area (Å²) in [6, 6.07) is 10.9. The quantitative estimate of drug-likeness (QED) is 0.865. The Morgan fingerprint density at radius 2 is 2.00 bits per heavy atom. The molecule has 108 valence electrons. The SMILES string of the molecule is Cn1cc(NC(=O)C2Cc3ccccc3CN2)ccc1=O. The Kier molecular flexibility index (Phi) is 3.58. The first-order valence-electron chi connectivity index (χ1n) is 6.91. The summed E-state index contributed by atoms with van der Waals surface area (Å²) < 4.78 is 1.44. The number of hydrogen-bond acceptors (Lipinski definition) is 3. The van der Waals surface area contributed by atoms with Gasteiger partial charge in [0.05, 0.1) is 11.7 Å². The molecule has 5 heteroatoms. The van der Waals surface area contributed by atoms with Crippen LogP contribution in [0, 0.1) is 0 Å². The van der Waals surface area contributed by atoms with Crippen molar-refractivity contribution in [2.45, 2.75) is 19.0 Å². The number of aryl methyl sites for hydroxylation is 1. The molecule has 0 spiro atoms. The topological polar surface area (TPSA) is 63.1 Å². The molecular formula is C16H17N3O2. The second kappa shape index (κ2) is 5.54. The number of nitrogens with zero attached hydrogens (tertiary/aromatic N) is 1. The normalized spacial score (nSPS) is 17.1. The van der Waals surface area contributed by atoms with Crippen molar-refractivity contribution in [2.24, 2.45) is 7.05 Å². The van der Waals surface area contributed by atoms with Crippen LogP contribution in [0.5, 0.6) is 0 Å². The summed E-state index contributed by atoms with van der Waals surface area (Å²) in [5.74, 6) is -0.0804. The van der Waals surface area contributed by atoms with E-state index in [1.54, 1.807) is 19.3 Å². The van der Waals surface area contributed by atoms with Crippen LogP contribution in [0.15, 0.2) is 47.4 Å². The lowest BCUT2D eigenvalue weighted by Gasteiger charge is -2.25. The number of hydrogen-bond donors (Lipinski definition) is 2. The van der Waals surface area contributed by atoms with Crippen LogP contribution >= 0.6 is 0 Å². The highest BCUT2D eigenvalue weighted by atomic mass is 16.2. The number of rotatable bonds is 2. The lowest BCUT2D eigenvalue weighted by atomic mass is 9.95. The highest BCUT2D eigenvalue weighted by Crippen LogP contribution is 2.17. The van der Waals surface area contributed by atoms with Crippen molar-refractivity contribution < 1.29 is 4.79 Å². The van der Waals surface area contributed by atoms with Crippen LogP contribution in [0.25, 0.3) is 0 Å². The van der Waals surface area contributed by atoms with Crippen molar-refractivity contribution in [1.82, 2.24) is 9.88 Å². The maximum Gasteiger partial charge on any atom is 0.250 e. The molecular weight excluding hydrogens is 266 g/mol. The van der Waals surface area contributed by atoms with Crippen molar-refractivity contribution in [3.05, 3.63) is 64.1 Å². The molecule has 1 unspecified atom stereocenters. The van der Waals surface area contributed by atoms with E-state index < -0.39 is 0 Å². The Hall–Kier alpha value is -2.40. The molecule has 2 heterocycles. The summed E-state index contributed by atoms with van der Waals surface area (Å²) in [6.45, 7) is 0.696. The molecule has 1 amide bonds. The zero-order valence-corrected chi connectivity index (χ0v) is 11.8. The number of nitrogens with one attached hydrogen (secondary N) is 2. The van der Waals surface area contributed by atoms with Gasteiger partial charge in [0, 0.05) is 25.9 Å². The largest absolute Gasteiger partial charge is 0.323 e. The van der Waals surface area contributed by atoms with Crippen molar-refractivity contribution in [1.29, 1.82) is 0 Å². The molecule has 0 aliphatic carbocycles. The molecule has 2 N–H and O–H groups in total. The summed E-state index contributed by atoms with van der Waals surface area (Å²) in [6.07, 6.45) is 2.30. The van der Waals surface area contributed by atoms with Gasteiger partial charge in [-0.3, -0.25) is 9.59 Å². The van der Waals surface area contributed by atoms with Gasteiger partial charge in [-0.1, -0.05) is 24.3 Å². The van der Waals surface area contributed by atoms with Gasteiger partial charge in [0.1, 0.15) is 0 Å². The fourth-order valence-corrected chi connectivity index (χ4v) is 2.54. The number of pyridine rings is 1. The fraction of sp³-hybridized carbons (Fsp3) is 0.250. The molecule has 1 aromatic heterocycles. The molecule has 21 heavy (non-hydrogen) atoms. The van der Waals surface area contributed by atoms with E-state index in [4.69, 9.17) is 0 Å². The smallest absolute Gasteiger partial charge is 0.250 e. The van der Waals surface area contributed by atoms with Gasteiger partial charge in [0.15, 0.2) is 0 Å². The van der Waals surface area contributed by atoms with E-state index in [0.29, 0.717) is 18.7 Å². The number of benzene rings is 1. The van der Waals surface area contributed by atoms with Crippen LogP contribution < -0.4 is 16.2 Å². The van der Waals surface area contributed by atoms with Gasteiger partial charge in [-0.15, -0.1) is 0 Å². The van der Waals surface area contributed by atoms with E-state index >= 15 is 0 Å².